The molecule has 0 aliphatic heterocycles. The highest BCUT2D eigenvalue weighted by molar-refractivity contribution is 5.78. The number of rotatable bonds is 4. The van der Waals surface area contributed by atoms with E-state index in [0.717, 1.165) is 47.0 Å². The highest BCUT2D eigenvalue weighted by atomic mass is 16.3. The first-order chi connectivity index (χ1) is 10.4. The van der Waals surface area contributed by atoms with E-state index in [2.05, 4.69) is 25.1 Å². The van der Waals surface area contributed by atoms with Gasteiger partial charge in [0, 0.05) is 23.6 Å². The van der Waals surface area contributed by atoms with E-state index in [4.69, 9.17) is 9.41 Å². The van der Waals surface area contributed by atoms with Crippen LogP contribution in [-0.4, -0.2) is 6.54 Å². The van der Waals surface area contributed by atoms with Crippen LogP contribution in [0, 0.1) is 0 Å². The van der Waals surface area contributed by atoms with Crippen LogP contribution in [0.3, 0.4) is 0 Å². The highest BCUT2D eigenvalue weighted by Gasteiger charge is 2.04. The Kier molecular flexibility index (Phi) is 4.15. The van der Waals surface area contributed by atoms with Crippen molar-refractivity contribution in [3.05, 3.63) is 66.0 Å². The van der Waals surface area contributed by atoms with Crippen molar-refractivity contribution < 1.29 is 4.42 Å². The fourth-order valence-electron chi connectivity index (χ4n) is 2.35. The van der Waals surface area contributed by atoms with Crippen LogP contribution in [0.5, 0.6) is 0 Å². The molecule has 3 aromatic rings. The van der Waals surface area contributed by atoms with Gasteiger partial charge in [-0.2, -0.15) is 0 Å². The van der Waals surface area contributed by atoms with Crippen LogP contribution in [0.15, 0.2) is 70.1 Å². The standard InChI is InChI=1S/C19H19NO/c1-2-3-13-20-17-14-19(15-9-5-4-6-10-15)21-18-12-8-7-11-16(17)18/h4-12,14H,2-3,13H2,1H3. The fraction of sp³-hybridized carbons (Fsp3) is 0.211. The number of benzene rings is 2. The smallest absolute Gasteiger partial charge is 0.136 e. The average molecular weight is 277 g/mol. The van der Waals surface area contributed by atoms with Crippen LogP contribution in [0.2, 0.25) is 0 Å². The van der Waals surface area contributed by atoms with Crippen molar-refractivity contribution in [3.8, 4) is 11.3 Å². The first kappa shape index (κ1) is 13.6. The number of nitrogens with zero attached hydrogens (tertiary/aromatic N) is 1. The van der Waals surface area contributed by atoms with Crippen molar-refractivity contribution in [1.82, 2.24) is 0 Å². The number of hydrogen-bond acceptors (Lipinski definition) is 2. The maximum Gasteiger partial charge on any atom is 0.136 e. The van der Waals surface area contributed by atoms with Gasteiger partial charge in [0.2, 0.25) is 0 Å². The lowest BCUT2D eigenvalue weighted by molar-refractivity contribution is 0.617. The molecule has 2 aromatic carbocycles. The van der Waals surface area contributed by atoms with Crippen molar-refractivity contribution in [2.45, 2.75) is 19.8 Å². The zero-order valence-electron chi connectivity index (χ0n) is 12.3. The summed E-state index contributed by atoms with van der Waals surface area (Å²) in [7, 11) is 0. The van der Waals surface area contributed by atoms with E-state index in [9.17, 15) is 0 Å². The molecule has 0 unspecified atom stereocenters. The lowest BCUT2D eigenvalue weighted by Crippen LogP contribution is -2.05. The highest BCUT2D eigenvalue weighted by Crippen LogP contribution is 2.21. The molecule has 3 rings (SSSR count). The van der Waals surface area contributed by atoms with Gasteiger partial charge in [-0.05, 0) is 18.6 Å². The Hall–Kier alpha value is -2.35. The second-order valence-corrected chi connectivity index (χ2v) is 5.09. The van der Waals surface area contributed by atoms with Crippen molar-refractivity contribution in [1.29, 1.82) is 0 Å². The molecule has 2 heteroatoms. The lowest BCUT2D eigenvalue weighted by Gasteiger charge is -2.04. The van der Waals surface area contributed by atoms with Crippen LogP contribution in [-0.2, 0) is 0 Å². The lowest BCUT2D eigenvalue weighted by atomic mass is 10.1. The van der Waals surface area contributed by atoms with E-state index in [-0.39, 0.29) is 0 Å². The molecule has 106 valence electrons. The Morgan fingerprint density at radius 2 is 1.71 bits per heavy atom. The van der Waals surface area contributed by atoms with Gasteiger partial charge >= 0.3 is 0 Å². The third-order valence-electron chi connectivity index (χ3n) is 3.50. The van der Waals surface area contributed by atoms with E-state index in [0.29, 0.717) is 0 Å². The van der Waals surface area contributed by atoms with Crippen LogP contribution in [0.25, 0.3) is 22.3 Å². The monoisotopic (exact) mass is 277 g/mol. The predicted octanol–water partition coefficient (Wildman–Crippen LogP) is 4.80. The molecule has 0 spiro atoms. The van der Waals surface area contributed by atoms with E-state index >= 15 is 0 Å². The SMILES string of the molecule is CCCCN=c1cc(-c2ccccc2)oc2ccccc12. The van der Waals surface area contributed by atoms with Gasteiger partial charge in [0.1, 0.15) is 11.3 Å². The second-order valence-electron chi connectivity index (χ2n) is 5.09. The summed E-state index contributed by atoms with van der Waals surface area (Å²) in [5.74, 6) is 0.865. The molecular formula is C19H19NO. The summed E-state index contributed by atoms with van der Waals surface area (Å²) in [5, 5.41) is 2.09. The van der Waals surface area contributed by atoms with Gasteiger partial charge in [0.15, 0.2) is 0 Å². The molecule has 1 aromatic heterocycles. The molecule has 2 nitrogen and oxygen atoms in total. The van der Waals surface area contributed by atoms with Gasteiger partial charge in [0.05, 0.1) is 5.36 Å². The Bertz CT molecular complexity index is 787. The van der Waals surface area contributed by atoms with E-state index in [1.807, 2.05) is 42.5 Å². The maximum absolute atomic E-state index is 6.03. The quantitative estimate of drug-likeness (QED) is 0.629. The van der Waals surface area contributed by atoms with Gasteiger partial charge in [-0.1, -0.05) is 55.8 Å². The topological polar surface area (TPSA) is 25.5 Å². The third kappa shape index (κ3) is 3.05. The second kappa shape index (κ2) is 6.40. The number of unbranched alkanes of at least 4 members (excludes halogenated alkanes) is 1. The largest absolute Gasteiger partial charge is 0.456 e. The molecule has 21 heavy (non-hydrogen) atoms. The van der Waals surface area contributed by atoms with Crippen molar-refractivity contribution in [2.24, 2.45) is 4.99 Å². The molecule has 0 aliphatic carbocycles. The van der Waals surface area contributed by atoms with Gasteiger partial charge in [-0.3, -0.25) is 4.99 Å². The molecule has 1 heterocycles. The first-order valence-corrected chi connectivity index (χ1v) is 7.47. The Balaban J connectivity index is 2.17. The minimum Gasteiger partial charge on any atom is -0.456 e. The summed E-state index contributed by atoms with van der Waals surface area (Å²) >= 11 is 0. The predicted molar refractivity (Wildman–Crippen MR) is 87.0 cm³/mol. The van der Waals surface area contributed by atoms with E-state index < -0.39 is 0 Å². The van der Waals surface area contributed by atoms with Crippen molar-refractivity contribution >= 4 is 11.0 Å². The minimum atomic E-state index is 0.860. The molecule has 0 amide bonds. The Morgan fingerprint density at radius 3 is 2.52 bits per heavy atom. The molecular weight excluding hydrogens is 258 g/mol. The summed E-state index contributed by atoms with van der Waals surface area (Å²) in [6.45, 7) is 3.04. The summed E-state index contributed by atoms with van der Waals surface area (Å²) in [6, 6.07) is 20.3. The maximum atomic E-state index is 6.03. The van der Waals surface area contributed by atoms with Crippen LogP contribution >= 0.6 is 0 Å². The van der Waals surface area contributed by atoms with Gasteiger partial charge in [0.25, 0.3) is 0 Å². The molecule has 0 bridgehead atoms. The minimum absolute atomic E-state index is 0.860. The molecule has 0 N–H and O–H groups in total. The molecule has 0 radical (unpaired) electrons. The van der Waals surface area contributed by atoms with Gasteiger partial charge in [-0.15, -0.1) is 0 Å². The molecule has 0 saturated heterocycles. The number of para-hydroxylation sites is 1. The van der Waals surface area contributed by atoms with Crippen LogP contribution in [0.1, 0.15) is 19.8 Å². The molecule has 0 fully saturated rings. The Morgan fingerprint density at radius 1 is 0.952 bits per heavy atom. The van der Waals surface area contributed by atoms with Crippen molar-refractivity contribution in [3.63, 3.8) is 0 Å². The molecule has 0 saturated carbocycles. The van der Waals surface area contributed by atoms with Gasteiger partial charge < -0.3 is 4.42 Å². The fourth-order valence-corrected chi connectivity index (χ4v) is 2.35. The zero-order chi connectivity index (χ0) is 14.5. The average Bonchev–Trinajstić information content (AvgIpc) is 2.55. The Labute approximate surface area is 124 Å². The third-order valence-corrected chi connectivity index (χ3v) is 3.50. The molecule has 0 atom stereocenters. The number of hydrogen-bond donors (Lipinski definition) is 0. The summed E-state index contributed by atoms with van der Waals surface area (Å²) in [4.78, 5) is 4.75. The summed E-state index contributed by atoms with van der Waals surface area (Å²) < 4.78 is 6.03. The molecule has 0 aliphatic rings. The summed E-state index contributed by atoms with van der Waals surface area (Å²) in [6.07, 6.45) is 2.27. The zero-order valence-corrected chi connectivity index (χ0v) is 12.3. The first-order valence-electron chi connectivity index (χ1n) is 7.47. The van der Waals surface area contributed by atoms with Crippen LogP contribution < -0.4 is 5.36 Å². The normalized spacial score (nSPS) is 12.0. The number of fused-ring (bicyclic) bond motifs is 1. The van der Waals surface area contributed by atoms with Gasteiger partial charge in [-0.25, -0.2) is 0 Å². The van der Waals surface area contributed by atoms with E-state index in [1.54, 1.807) is 0 Å². The van der Waals surface area contributed by atoms with Crippen molar-refractivity contribution in [2.75, 3.05) is 6.54 Å². The van der Waals surface area contributed by atoms with E-state index in [1.165, 1.54) is 0 Å². The summed E-state index contributed by atoms with van der Waals surface area (Å²) in [5.41, 5.74) is 1.96. The van der Waals surface area contributed by atoms with Crippen LogP contribution in [0.4, 0.5) is 0 Å².